The molecule has 1 aliphatic carbocycles. The van der Waals surface area contributed by atoms with Gasteiger partial charge in [-0.25, -0.2) is 4.99 Å². The van der Waals surface area contributed by atoms with Crippen molar-refractivity contribution in [3.8, 4) is 17.9 Å². The van der Waals surface area contributed by atoms with Crippen LogP contribution < -0.4 is 10.5 Å². The van der Waals surface area contributed by atoms with Gasteiger partial charge in [0, 0.05) is 5.92 Å². The van der Waals surface area contributed by atoms with Crippen LogP contribution in [0.2, 0.25) is 0 Å². The van der Waals surface area contributed by atoms with Crippen LogP contribution >= 0.6 is 0 Å². The Morgan fingerprint density at radius 1 is 0.829 bits per heavy atom. The smallest absolute Gasteiger partial charge is 0.293 e. The molecule has 0 bridgehead atoms. The second kappa shape index (κ2) is 11.9. The van der Waals surface area contributed by atoms with E-state index in [4.69, 9.17) is 19.9 Å². The van der Waals surface area contributed by atoms with Crippen molar-refractivity contribution < 1.29 is 14.2 Å². The molecule has 3 unspecified atom stereocenters. The van der Waals surface area contributed by atoms with Crippen LogP contribution in [0.25, 0.3) is 0 Å². The van der Waals surface area contributed by atoms with E-state index < -0.39 is 22.7 Å². The molecular weight excluding hydrogens is 440 g/mol. The fourth-order valence-electron chi connectivity index (χ4n) is 5.22. The highest BCUT2D eigenvalue weighted by molar-refractivity contribution is 6.00. The standard InChI is InChI=1S/C28H40N4O3/c1-4-7-10-11-12-17-33-23-15-13-22(14-16-23)24-26(20-29)25(31)32-28(27(24,26)21-30,34-18-8-5-2)35-19-9-6-3/h13-16,24H,4-12,17-19H2,1-3H3,(H2,31,32). The molecule has 190 valence electrons. The summed E-state index contributed by atoms with van der Waals surface area (Å²) in [6, 6.07) is 12.4. The SMILES string of the molecule is CCCCCCCOc1ccc(C2C3(C#N)C(N)=NC(OCCCC)(OCCCC)C23C#N)cc1. The number of ether oxygens (including phenoxy) is 3. The Balaban J connectivity index is 1.83. The third-order valence-electron chi connectivity index (χ3n) is 7.25. The van der Waals surface area contributed by atoms with E-state index in [2.05, 4.69) is 37.9 Å². The number of benzene rings is 1. The predicted molar refractivity (Wildman–Crippen MR) is 136 cm³/mol. The highest BCUT2D eigenvalue weighted by atomic mass is 16.7. The minimum atomic E-state index is -1.58. The average molecular weight is 481 g/mol. The maximum atomic E-state index is 10.5. The summed E-state index contributed by atoms with van der Waals surface area (Å²) in [4.78, 5) is 4.53. The van der Waals surface area contributed by atoms with Crippen LogP contribution in [0.1, 0.15) is 90.0 Å². The second-order valence-electron chi connectivity index (χ2n) is 9.59. The highest BCUT2D eigenvalue weighted by Gasteiger charge is 2.93. The number of aliphatic imine (C=N–C) groups is 1. The number of nitrogens with two attached hydrogens (primary N) is 1. The van der Waals surface area contributed by atoms with E-state index in [1.54, 1.807) is 0 Å². The summed E-state index contributed by atoms with van der Waals surface area (Å²) in [6.45, 7) is 7.76. The van der Waals surface area contributed by atoms with Gasteiger partial charge in [-0.15, -0.1) is 0 Å². The largest absolute Gasteiger partial charge is 0.494 e. The number of fused-ring (bicyclic) bond motifs is 1. The number of amidine groups is 1. The van der Waals surface area contributed by atoms with E-state index in [-0.39, 0.29) is 5.84 Å². The lowest BCUT2D eigenvalue weighted by Crippen LogP contribution is -2.44. The van der Waals surface area contributed by atoms with Crippen molar-refractivity contribution in [3.63, 3.8) is 0 Å². The Labute approximate surface area is 210 Å². The van der Waals surface area contributed by atoms with Gasteiger partial charge in [-0.1, -0.05) is 71.4 Å². The normalized spacial score (nSPS) is 25.9. The molecule has 35 heavy (non-hydrogen) atoms. The lowest BCUT2D eigenvalue weighted by atomic mass is 9.93. The summed E-state index contributed by atoms with van der Waals surface area (Å²) in [6.07, 6.45) is 9.36. The van der Waals surface area contributed by atoms with Crippen LogP contribution in [0, 0.1) is 33.5 Å². The molecule has 0 aromatic heterocycles. The highest BCUT2D eigenvalue weighted by Crippen LogP contribution is 2.82. The van der Waals surface area contributed by atoms with Crippen LogP contribution in [0.4, 0.5) is 0 Å². The molecule has 1 saturated carbocycles. The Kier molecular flexibility index (Phi) is 9.16. The number of nitriles is 2. The van der Waals surface area contributed by atoms with Gasteiger partial charge in [-0.05, 0) is 37.0 Å². The Bertz CT molecular complexity index is 938. The van der Waals surface area contributed by atoms with Crippen molar-refractivity contribution in [1.29, 1.82) is 10.5 Å². The van der Waals surface area contributed by atoms with Gasteiger partial charge in [0.2, 0.25) is 0 Å². The predicted octanol–water partition coefficient (Wildman–Crippen LogP) is 5.81. The average Bonchev–Trinajstić information content (AvgIpc) is 3.45. The van der Waals surface area contributed by atoms with E-state index in [0.717, 1.165) is 43.4 Å². The van der Waals surface area contributed by atoms with Gasteiger partial charge < -0.3 is 19.9 Å². The molecule has 1 aromatic carbocycles. The van der Waals surface area contributed by atoms with Gasteiger partial charge in [0.05, 0.1) is 32.0 Å². The molecule has 2 N–H and O–H groups in total. The monoisotopic (exact) mass is 480 g/mol. The zero-order chi connectivity index (χ0) is 25.4. The molecule has 3 rings (SSSR count). The second-order valence-corrected chi connectivity index (χ2v) is 9.59. The van der Waals surface area contributed by atoms with Crippen molar-refractivity contribution in [2.75, 3.05) is 19.8 Å². The van der Waals surface area contributed by atoms with Crippen LogP contribution in [-0.2, 0) is 9.47 Å². The molecule has 0 amide bonds. The minimum Gasteiger partial charge on any atom is -0.494 e. The summed E-state index contributed by atoms with van der Waals surface area (Å²) >= 11 is 0. The van der Waals surface area contributed by atoms with Crippen molar-refractivity contribution in [2.45, 2.75) is 90.4 Å². The molecule has 1 aromatic rings. The summed E-state index contributed by atoms with van der Waals surface area (Å²) in [5.74, 6) is -1.18. The van der Waals surface area contributed by atoms with Crippen LogP contribution in [0.15, 0.2) is 29.3 Å². The molecule has 2 aliphatic rings. The van der Waals surface area contributed by atoms with Gasteiger partial charge in [0.15, 0.2) is 5.41 Å². The maximum absolute atomic E-state index is 10.5. The van der Waals surface area contributed by atoms with Crippen molar-refractivity contribution >= 4 is 5.84 Å². The molecule has 7 heteroatoms. The molecule has 1 aliphatic heterocycles. The summed E-state index contributed by atoms with van der Waals surface area (Å²) < 4.78 is 18.3. The van der Waals surface area contributed by atoms with E-state index in [1.807, 2.05) is 24.3 Å². The van der Waals surface area contributed by atoms with E-state index in [1.165, 1.54) is 25.7 Å². The first-order chi connectivity index (χ1) is 17.0. The van der Waals surface area contributed by atoms with Crippen LogP contribution in [-0.4, -0.2) is 31.6 Å². The van der Waals surface area contributed by atoms with Crippen molar-refractivity contribution in [1.82, 2.24) is 0 Å². The molecule has 1 heterocycles. The van der Waals surface area contributed by atoms with E-state index in [0.29, 0.717) is 19.8 Å². The van der Waals surface area contributed by atoms with Crippen LogP contribution in [0.5, 0.6) is 5.75 Å². The Morgan fingerprint density at radius 2 is 1.43 bits per heavy atom. The zero-order valence-corrected chi connectivity index (χ0v) is 21.5. The molecule has 0 spiro atoms. The van der Waals surface area contributed by atoms with Gasteiger partial charge in [0.25, 0.3) is 5.91 Å². The zero-order valence-electron chi connectivity index (χ0n) is 21.5. The summed E-state index contributed by atoms with van der Waals surface area (Å²) in [7, 11) is 0. The number of nitrogens with zero attached hydrogens (tertiary/aromatic N) is 3. The maximum Gasteiger partial charge on any atom is 0.293 e. The van der Waals surface area contributed by atoms with Gasteiger partial charge >= 0.3 is 0 Å². The Morgan fingerprint density at radius 3 is 1.97 bits per heavy atom. The van der Waals surface area contributed by atoms with Gasteiger partial charge in [-0.3, -0.25) is 0 Å². The lowest BCUT2D eigenvalue weighted by Gasteiger charge is -2.32. The van der Waals surface area contributed by atoms with Crippen molar-refractivity contribution in [2.24, 2.45) is 21.6 Å². The lowest BCUT2D eigenvalue weighted by molar-refractivity contribution is -0.260. The summed E-state index contributed by atoms with van der Waals surface area (Å²) in [5, 5.41) is 20.8. The molecule has 3 atom stereocenters. The third-order valence-corrected chi connectivity index (χ3v) is 7.25. The van der Waals surface area contributed by atoms with E-state index >= 15 is 0 Å². The summed E-state index contributed by atoms with van der Waals surface area (Å²) in [5.41, 5.74) is 4.60. The number of unbranched alkanes of at least 4 members (excludes halogenated alkanes) is 6. The first-order valence-corrected chi connectivity index (χ1v) is 13.2. The quantitative estimate of drug-likeness (QED) is 0.236. The fraction of sp³-hybridized carbons (Fsp3) is 0.679. The molecular formula is C28H40N4O3. The topological polar surface area (TPSA) is 114 Å². The van der Waals surface area contributed by atoms with Gasteiger partial charge in [-0.2, -0.15) is 10.5 Å². The van der Waals surface area contributed by atoms with Gasteiger partial charge in [0.1, 0.15) is 17.0 Å². The first-order valence-electron chi connectivity index (χ1n) is 13.2. The minimum absolute atomic E-state index is 0.118. The molecule has 0 saturated heterocycles. The fourth-order valence-corrected chi connectivity index (χ4v) is 5.22. The molecule has 7 nitrogen and oxygen atoms in total. The number of rotatable bonds is 16. The van der Waals surface area contributed by atoms with Crippen molar-refractivity contribution in [3.05, 3.63) is 29.8 Å². The van der Waals surface area contributed by atoms with Crippen LogP contribution in [0.3, 0.4) is 0 Å². The Hall–Kier alpha value is -2.61. The third kappa shape index (κ3) is 4.65. The molecule has 0 radical (unpaired) electrons. The number of hydrogen-bond acceptors (Lipinski definition) is 7. The van der Waals surface area contributed by atoms with E-state index in [9.17, 15) is 10.5 Å². The number of hydrogen-bond donors (Lipinski definition) is 1. The first kappa shape index (κ1) is 27.0. The molecule has 1 fully saturated rings.